The van der Waals surface area contributed by atoms with Gasteiger partial charge in [0.1, 0.15) is 5.57 Å². The Bertz CT molecular complexity index is 694. The number of likely N-dealkylation sites (N-methyl/N-ethyl adjacent to an activating group) is 1. The van der Waals surface area contributed by atoms with E-state index >= 15 is 0 Å². The van der Waals surface area contributed by atoms with Crippen LogP contribution in [0.4, 0.5) is 5.69 Å². The van der Waals surface area contributed by atoms with Gasteiger partial charge in [-0.1, -0.05) is 23.9 Å². The molecule has 1 aromatic carbocycles. The number of benzene rings is 1. The van der Waals surface area contributed by atoms with E-state index in [-0.39, 0.29) is 5.91 Å². The maximum Gasteiger partial charge on any atom is 0.279 e. The number of nitrogens with zero attached hydrogens (tertiary/aromatic N) is 3. The van der Waals surface area contributed by atoms with Gasteiger partial charge in [0.05, 0.1) is 17.8 Å². The quantitative estimate of drug-likeness (QED) is 0.747. The molecule has 6 heteroatoms. The monoisotopic (exact) mass is 301 g/mol. The number of anilines is 1. The normalized spacial score (nSPS) is 21.3. The van der Waals surface area contributed by atoms with Gasteiger partial charge in [-0.05, 0) is 24.3 Å². The number of amides is 1. The lowest BCUT2D eigenvalue weighted by molar-refractivity contribution is -0.124. The fourth-order valence-electron chi connectivity index (χ4n) is 2.22. The highest BCUT2D eigenvalue weighted by molar-refractivity contribution is 8.03. The lowest BCUT2D eigenvalue weighted by Crippen LogP contribution is -2.17. The number of rotatable bonds is 1. The van der Waals surface area contributed by atoms with Crippen molar-refractivity contribution in [3.63, 3.8) is 0 Å². The third kappa shape index (κ3) is 2.31. The van der Waals surface area contributed by atoms with Crippen molar-refractivity contribution in [2.75, 3.05) is 26.1 Å². The van der Waals surface area contributed by atoms with Crippen molar-refractivity contribution in [3.05, 3.63) is 47.0 Å². The maximum atomic E-state index is 12.0. The van der Waals surface area contributed by atoms with Gasteiger partial charge in [0.25, 0.3) is 5.91 Å². The molecule has 0 aliphatic carbocycles. The molecule has 21 heavy (non-hydrogen) atoms. The number of methoxy groups -OCH3 is 1. The Hall–Kier alpha value is -2.21. The van der Waals surface area contributed by atoms with Gasteiger partial charge in [-0.2, -0.15) is 0 Å². The first-order valence-electron chi connectivity index (χ1n) is 6.45. The number of hydrogen-bond donors (Lipinski definition) is 0. The van der Waals surface area contributed by atoms with E-state index in [1.54, 1.807) is 24.9 Å². The molecule has 5 nitrogen and oxygen atoms in total. The van der Waals surface area contributed by atoms with Crippen molar-refractivity contribution in [3.8, 4) is 0 Å². The predicted octanol–water partition coefficient (Wildman–Crippen LogP) is 2.43. The molecule has 0 aromatic heterocycles. The smallest absolute Gasteiger partial charge is 0.279 e. The summed E-state index contributed by atoms with van der Waals surface area (Å²) in [5.41, 5.74) is 1.64. The van der Waals surface area contributed by atoms with Crippen LogP contribution in [0.1, 0.15) is 0 Å². The molecule has 0 saturated carbocycles. The lowest BCUT2D eigenvalue weighted by Gasteiger charge is -2.12. The highest BCUT2D eigenvalue weighted by Gasteiger charge is 2.28. The van der Waals surface area contributed by atoms with E-state index in [4.69, 9.17) is 4.74 Å². The van der Waals surface area contributed by atoms with Crippen molar-refractivity contribution >= 4 is 29.3 Å². The van der Waals surface area contributed by atoms with Gasteiger partial charge < -0.3 is 9.64 Å². The molecule has 0 radical (unpaired) electrons. The molecule has 108 valence electrons. The molecule has 0 fully saturated rings. The van der Waals surface area contributed by atoms with Gasteiger partial charge in [-0.15, -0.1) is 5.10 Å². The Balaban J connectivity index is 1.90. The van der Waals surface area contributed by atoms with Gasteiger partial charge in [-0.25, -0.2) is 5.01 Å². The van der Waals surface area contributed by atoms with Gasteiger partial charge in [0.15, 0.2) is 0 Å². The van der Waals surface area contributed by atoms with E-state index in [0.29, 0.717) is 11.5 Å². The molecule has 1 amide bonds. The average molecular weight is 301 g/mol. The number of hydrogen-bond acceptors (Lipinski definition) is 5. The number of thioether (sulfide) groups is 1. The molecule has 2 aliphatic heterocycles. The summed E-state index contributed by atoms with van der Waals surface area (Å²) < 4.78 is 5.14. The molecule has 0 saturated heterocycles. The summed E-state index contributed by atoms with van der Waals surface area (Å²) in [5, 5.41) is 6.37. The molecule has 0 unspecified atom stereocenters. The standard InChI is InChI=1S/C15H15N3O2S/c1-17-11-6-4-5-7-12(11)21-13(17)9-8-10-14(20-3)16-18(2)15(10)19/h4-9H,1-3H3/b10-8+,13-9+. The van der Waals surface area contributed by atoms with E-state index < -0.39 is 0 Å². The lowest BCUT2D eigenvalue weighted by atomic mass is 10.2. The summed E-state index contributed by atoms with van der Waals surface area (Å²) in [6.45, 7) is 0. The Labute approximate surface area is 127 Å². The molecule has 1 aromatic rings. The van der Waals surface area contributed by atoms with E-state index in [0.717, 1.165) is 5.03 Å². The van der Waals surface area contributed by atoms with Crippen molar-refractivity contribution < 1.29 is 9.53 Å². The van der Waals surface area contributed by atoms with E-state index in [1.807, 2.05) is 25.3 Å². The molecular formula is C15H15N3O2S. The number of hydrazone groups is 1. The fraction of sp³-hybridized carbons (Fsp3) is 0.200. The van der Waals surface area contributed by atoms with Crippen LogP contribution < -0.4 is 4.90 Å². The second kappa shape index (κ2) is 5.29. The predicted molar refractivity (Wildman–Crippen MR) is 84.1 cm³/mol. The highest BCUT2D eigenvalue weighted by atomic mass is 32.2. The largest absolute Gasteiger partial charge is 0.479 e. The van der Waals surface area contributed by atoms with Crippen LogP contribution in [0.5, 0.6) is 0 Å². The van der Waals surface area contributed by atoms with Crippen LogP contribution in [0.15, 0.2) is 57.0 Å². The zero-order valence-electron chi connectivity index (χ0n) is 12.0. The summed E-state index contributed by atoms with van der Waals surface area (Å²) in [4.78, 5) is 15.3. The molecule has 2 heterocycles. The first kappa shape index (κ1) is 13.8. The third-order valence-electron chi connectivity index (χ3n) is 3.35. The summed E-state index contributed by atoms with van der Waals surface area (Å²) >= 11 is 1.68. The molecule has 3 rings (SSSR count). The molecule has 0 atom stereocenters. The minimum Gasteiger partial charge on any atom is -0.479 e. The van der Waals surface area contributed by atoms with Crippen molar-refractivity contribution in [2.24, 2.45) is 5.10 Å². The summed E-state index contributed by atoms with van der Waals surface area (Å²) in [6, 6.07) is 8.20. The number of para-hydroxylation sites is 1. The summed E-state index contributed by atoms with van der Waals surface area (Å²) in [5.74, 6) is 0.189. The van der Waals surface area contributed by atoms with Gasteiger partial charge in [0.2, 0.25) is 5.90 Å². The van der Waals surface area contributed by atoms with E-state index in [1.165, 1.54) is 22.7 Å². The first-order valence-corrected chi connectivity index (χ1v) is 7.27. The molecule has 0 spiro atoms. The Kier molecular flexibility index (Phi) is 3.47. The number of ether oxygens (including phenoxy) is 1. The maximum absolute atomic E-state index is 12.0. The van der Waals surface area contributed by atoms with E-state index in [2.05, 4.69) is 22.1 Å². The molecule has 0 N–H and O–H groups in total. The average Bonchev–Trinajstić information content (AvgIpc) is 2.96. The van der Waals surface area contributed by atoms with Crippen molar-refractivity contribution in [1.29, 1.82) is 0 Å². The van der Waals surface area contributed by atoms with Crippen LogP contribution in [-0.4, -0.2) is 38.0 Å². The summed E-state index contributed by atoms with van der Waals surface area (Å²) in [6.07, 6.45) is 3.68. The van der Waals surface area contributed by atoms with Crippen LogP contribution in [0.25, 0.3) is 0 Å². The summed E-state index contributed by atoms with van der Waals surface area (Å²) in [7, 11) is 5.14. The van der Waals surface area contributed by atoms with Crippen molar-refractivity contribution in [1.82, 2.24) is 5.01 Å². The topological polar surface area (TPSA) is 45.1 Å². The van der Waals surface area contributed by atoms with Crippen LogP contribution in [0.3, 0.4) is 0 Å². The number of carbonyl (C=O) groups excluding carboxylic acids is 1. The number of carbonyl (C=O) groups is 1. The Morgan fingerprint density at radius 3 is 2.71 bits per heavy atom. The Morgan fingerprint density at radius 1 is 1.24 bits per heavy atom. The van der Waals surface area contributed by atoms with Gasteiger partial charge >= 0.3 is 0 Å². The Morgan fingerprint density at radius 2 is 2.00 bits per heavy atom. The highest BCUT2D eigenvalue weighted by Crippen LogP contribution is 2.44. The second-order valence-corrected chi connectivity index (χ2v) is 5.71. The molecule has 2 aliphatic rings. The van der Waals surface area contributed by atoms with Crippen molar-refractivity contribution in [2.45, 2.75) is 4.90 Å². The van der Waals surface area contributed by atoms with Crippen LogP contribution in [-0.2, 0) is 9.53 Å². The van der Waals surface area contributed by atoms with Crippen LogP contribution in [0.2, 0.25) is 0 Å². The zero-order chi connectivity index (χ0) is 15.0. The van der Waals surface area contributed by atoms with Gasteiger partial charge in [-0.3, -0.25) is 4.79 Å². The SMILES string of the molecule is COC1=NN(C)C(=O)/C1=C/C=C1/Sc2ccccc2N1C. The van der Waals surface area contributed by atoms with Crippen LogP contribution in [0, 0.1) is 0 Å². The van der Waals surface area contributed by atoms with E-state index in [9.17, 15) is 4.79 Å². The molecule has 0 bridgehead atoms. The third-order valence-corrected chi connectivity index (χ3v) is 4.54. The minimum atomic E-state index is -0.160. The number of fused-ring (bicyclic) bond motifs is 1. The van der Waals surface area contributed by atoms with Gasteiger partial charge in [0, 0.05) is 19.0 Å². The number of allylic oxidation sites excluding steroid dienone is 2. The minimum absolute atomic E-state index is 0.160. The first-order chi connectivity index (χ1) is 10.1. The zero-order valence-corrected chi connectivity index (χ0v) is 12.8. The fourth-order valence-corrected chi connectivity index (χ4v) is 3.27. The van der Waals surface area contributed by atoms with Crippen LogP contribution >= 0.6 is 11.8 Å². The second-order valence-electron chi connectivity index (χ2n) is 4.65. The molecular weight excluding hydrogens is 286 g/mol.